The maximum absolute atomic E-state index is 12.7. The van der Waals surface area contributed by atoms with E-state index in [-0.39, 0.29) is 24.3 Å². The molecular weight excluding hydrogens is 380 g/mol. The van der Waals surface area contributed by atoms with Crippen molar-refractivity contribution in [2.75, 3.05) is 19.7 Å². The molecule has 0 atom stereocenters. The molecule has 0 aliphatic carbocycles. The van der Waals surface area contributed by atoms with Gasteiger partial charge in [-0.15, -0.1) is 0 Å². The molecule has 2 aromatic rings. The molecule has 2 aliphatic heterocycles. The highest BCUT2D eigenvalue weighted by Gasteiger charge is 2.35. The highest BCUT2D eigenvalue weighted by Crippen LogP contribution is 2.26. The standard InChI is InChI=1S/C24H26N2O4/c1-3-30-19-8-7-17-10-12-25(15-18(17)14-19)22(27)5-4-11-26-23(28)20-9-6-16(2)13-21(20)24(26)29/h6-9,13-14H,3-5,10-12,15H2,1-2H3. The van der Waals surface area contributed by atoms with E-state index in [4.69, 9.17) is 4.74 Å². The Hall–Kier alpha value is -3.15. The molecule has 2 aromatic carbocycles. The number of ether oxygens (including phenoxy) is 1. The van der Waals surface area contributed by atoms with Crippen LogP contribution in [0.15, 0.2) is 36.4 Å². The molecule has 0 bridgehead atoms. The van der Waals surface area contributed by atoms with Crippen LogP contribution in [0, 0.1) is 6.92 Å². The minimum Gasteiger partial charge on any atom is -0.494 e. The molecule has 0 radical (unpaired) electrons. The molecule has 0 unspecified atom stereocenters. The fourth-order valence-corrected chi connectivity index (χ4v) is 4.16. The quantitative estimate of drug-likeness (QED) is 0.690. The predicted octanol–water partition coefficient (Wildman–Crippen LogP) is 3.35. The van der Waals surface area contributed by atoms with E-state index in [9.17, 15) is 14.4 Å². The molecule has 0 aromatic heterocycles. The first-order valence-electron chi connectivity index (χ1n) is 10.5. The molecule has 6 heteroatoms. The second-order valence-electron chi connectivity index (χ2n) is 7.84. The zero-order valence-electron chi connectivity index (χ0n) is 17.4. The Morgan fingerprint density at radius 3 is 2.63 bits per heavy atom. The molecule has 156 valence electrons. The van der Waals surface area contributed by atoms with Gasteiger partial charge in [-0.3, -0.25) is 19.3 Å². The highest BCUT2D eigenvalue weighted by atomic mass is 16.5. The van der Waals surface area contributed by atoms with Crippen LogP contribution < -0.4 is 4.74 Å². The van der Waals surface area contributed by atoms with E-state index in [0.29, 0.717) is 43.7 Å². The van der Waals surface area contributed by atoms with Gasteiger partial charge < -0.3 is 9.64 Å². The number of carbonyl (C=O) groups excluding carboxylic acids is 3. The van der Waals surface area contributed by atoms with Gasteiger partial charge in [0.2, 0.25) is 5.91 Å². The number of fused-ring (bicyclic) bond motifs is 2. The van der Waals surface area contributed by atoms with Crippen molar-refractivity contribution in [3.63, 3.8) is 0 Å². The Morgan fingerprint density at radius 1 is 1.03 bits per heavy atom. The van der Waals surface area contributed by atoms with E-state index >= 15 is 0 Å². The van der Waals surface area contributed by atoms with Crippen LogP contribution in [0.2, 0.25) is 0 Å². The van der Waals surface area contributed by atoms with Crippen LogP contribution in [0.3, 0.4) is 0 Å². The average Bonchev–Trinajstić information content (AvgIpc) is 2.97. The molecule has 0 saturated carbocycles. The second kappa shape index (κ2) is 8.30. The summed E-state index contributed by atoms with van der Waals surface area (Å²) in [4.78, 5) is 40.9. The summed E-state index contributed by atoms with van der Waals surface area (Å²) in [5.41, 5.74) is 4.24. The van der Waals surface area contributed by atoms with Crippen LogP contribution in [0.4, 0.5) is 0 Å². The smallest absolute Gasteiger partial charge is 0.261 e. The lowest BCUT2D eigenvalue weighted by Crippen LogP contribution is -2.37. The van der Waals surface area contributed by atoms with Crippen molar-refractivity contribution in [1.29, 1.82) is 0 Å². The van der Waals surface area contributed by atoms with Gasteiger partial charge >= 0.3 is 0 Å². The van der Waals surface area contributed by atoms with Gasteiger partial charge in [0, 0.05) is 26.1 Å². The van der Waals surface area contributed by atoms with E-state index in [2.05, 4.69) is 6.07 Å². The average molecular weight is 406 g/mol. The summed E-state index contributed by atoms with van der Waals surface area (Å²) in [5, 5.41) is 0. The van der Waals surface area contributed by atoms with Gasteiger partial charge in [0.1, 0.15) is 5.75 Å². The van der Waals surface area contributed by atoms with Gasteiger partial charge in [-0.2, -0.15) is 0 Å². The van der Waals surface area contributed by atoms with Gasteiger partial charge in [-0.1, -0.05) is 17.7 Å². The number of hydrogen-bond donors (Lipinski definition) is 0. The van der Waals surface area contributed by atoms with Crippen molar-refractivity contribution in [1.82, 2.24) is 9.80 Å². The summed E-state index contributed by atoms with van der Waals surface area (Å²) in [5.74, 6) is 0.348. The topological polar surface area (TPSA) is 66.9 Å². The lowest BCUT2D eigenvalue weighted by Gasteiger charge is -2.29. The molecule has 4 rings (SSSR count). The molecule has 0 saturated heterocycles. The Kier molecular flexibility index (Phi) is 5.57. The van der Waals surface area contributed by atoms with Gasteiger partial charge in [0.05, 0.1) is 17.7 Å². The van der Waals surface area contributed by atoms with E-state index < -0.39 is 0 Å². The van der Waals surface area contributed by atoms with E-state index in [0.717, 1.165) is 23.3 Å². The normalized spacial score (nSPS) is 15.3. The van der Waals surface area contributed by atoms with Crippen LogP contribution in [0.25, 0.3) is 0 Å². The van der Waals surface area contributed by atoms with E-state index in [1.165, 1.54) is 10.5 Å². The predicted molar refractivity (Wildman–Crippen MR) is 113 cm³/mol. The number of nitrogens with zero attached hydrogens (tertiary/aromatic N) is 2. The fraction of sp³-hybridized carbons (Fsp3) is 0.375. The summed E-state index contributed by atoms with van der Waals surface area (Å²) in [6.45, 7) is 5.97. The zero-order chi connectivity index (χ0) is 21.3. The number of hydrogen-bond acceptors (Lipinski definition) is 4. The Balaban J connectivity index is 1.33. The molecule has 2 aliphatic rings. The van der Waals surface area contributed by atoms with Crippen LogP contribution in [0.5, 0.6) is 5.75 Å². The fourth-order valence-electron chi connectivity index (χ4n) is 4.16. The third-order valence-corrected chi connectivity index (χ3v) is 5.75. The van der Waals surface area contributed by atoms with Gasteiger partial charge in [-0.05, 0) is 62.1 Å². The molecule has 0 N–H and O–H groups in total. The number of rotatable bonds is 6. The summed E-state index contributed by atoms with van der Waals surface area (Å²) in [6, 6.07) is 11.4. The second-order valence-corrected chi connectivity index (χ2v) is 7.84. The number of carbonyl (C=O) groups is 3. The summed E-state index contributed by atoms with van der Waals surface area (Å²) in [7, 11) is 0. The van der Waals surface area contributed by atoms with Crippen LogP contribution in [-0.2, 0) is 17.8 Å². The van der Waals surface area contributed by atoms with Crippen LogP contribution in [-0.4, -0.2) is 47.2 Å². The first-order chi connectivity index (χ1) is 14.5. The van der Waals surface area contributed by atoms with Gasteiger partial charge in [-0.25, -0.2) is 0 Å². The van der Waals surface area contributed by atoms with Crippen molar-refractivity contribution in [2.45, 2.75) is 39.7 Å². The Labute approximate surface area is 176 Å². The number of benzene rings is 2. The third-order valence-electron chi connectivity index (χ3n) is 5.75. The highest BCUT2D eigenvalue weighted by molar-refractivity contribution is 6.21. The van der Waals surface area contributed by atoms with Crippen molar-refractivity contribution in [3.05, 3.63) is 64.2 Å². The number of amides is 3. The maximum atomic E-state index is 12.7. The largest absolute Gasteiger partial charge is 0.494 e. The number of aryl methyl sites for hydroxylation is 1. The zero-order valence-corrected chi connectivity index (χ0v) is 17.4. The minimum absolute atomic E-state index is 0.0508. The Morgan fingerprint density at radius 2 is 1.83 bits per heavy atom. The summed E-state index contributed by atoms with van der Waals surface area (Å²) < 4.78 is 5.57. The lowest BCUT2D eigenvalue weighted by molar-refractivity contribution is -0.132. The van der Waals surface area contributed by atoms with Crippen LogP contribution >= 0.6 is 0 Å². The molecule has 0 fully saturated rings. The van der Waals surface area contributed by atoms with E-state index in [1.807, 2.05) is 36.9 Å². The SMILES string of the molecule is CCOc1ccc2c(c1)CN(C(=O)CCCN1C(=O)c3ccc(C)cc3C1=O)CC2. The maximum Gasteiger partial charge on any atom is 0.261 e. The first kappa shape index (κ1) is 20.1. The monoisotopic (exact) mass is 406 g/mol. The first-order valence-corrected chi connectivity index (χ1v) is 10.5. The lowest BCUT2D eigenvalue weighted by atomic mass is 9.99. The van der Waals surface area contributed by atoms with Gasteiger partial charge in [0.25, 0.3) is 11.8 Å². The summed E-state index contributed by atoms with van der Waals surface area (Å²) >= 11 is 0. The molecule has 0 spiro atoms. The molecule has 2 heterocycles. The van der Waals surface area contributed by atoms with Gasteiger partial charge in [0.15, 0.2) is 0 Å². The van der Waals surface area contributed by atoms with Crippen molar-refractivity contribution >= 4 is 17.7 Å². The van der Waals surface area contributed by atoms with Crippen molar-refractivity contribution in [3.8, 4) is 5.75 Å². The molecule has 3 amide bonds. The van der Waals surface area contributed by atoms with E-state index in [1.54, 1.807) is 12.1 Å². The van der Waals surface area contributed by atoms with Crippen molar-refractivity contribution < 1.29 is 19.1 Å². The summed E-state index contributed by atoms with van der Waals surface area (Å²) in [6.07, 6.45) is 1.60. The molecular formula is C24H26N2O4. The molecule has 6 nitrogen and oxygen atoms in total. The van der Waals surface area contributed by atoms with Crippen LogP contribution in [0.1, 0.15) is 57.2 Å². The number of imide groups is 1. The molecule has 30 heavy (non-hydrogen) atoms. The Bertz CT molecular complexity index is 1010. The van der Waals surface area contributed by atoms with Crippen molar-refractivity contribution in [2.24, 2.45) is 0 Å². The third kappa shape index (κ3) is 3.82. The minimum atomic E-state index is -0.266.